The summed E-state index contributed by atoms with van der Waals surface area (Å²) in [5, 5.41) is 0. The van der Waals surface area contributed by atoms with Crippen molar-refractivity contribution in [3.05, 3.63) is 0 Å². The van der Waals surface area contributed by atoms with Gasteiger partial charge in [0.05, 0.1) is 6.61 Å². The summed E-state index contributed by atoms with van der Waals surface area (Å²) in [7, 11) is 3.52. The van der Waals surface area contributed by atoms with Gasteiger partial charge >= 0.3 is 0 Å². The Balaban J connectivity index is 2.47. The van der Waals surface area contributed by atoms with E-state index in [1.165, 1.54) is 17.9 Å². The minimum absolute atomic E-state index is 0.506. The molecular formula is C13H28N2O2S. The summed E-state index contributed by atoms with van der Waals surface area (Å²) < 4.78 is 10.4. The lowest BCUT2D eigenvalue weighted by Crippen LogP contribution is -2.47. The molecule has 108 valence electrons. The van der Waals surface area contributed by atoms with Crippen LogP contribution in [-0.4, -0.2) is 69.5 Å². The minimum atomic E-state index is 0.506. The molecule has 2 N–H and O–H groups in total. The SMILES string of the molecule is COCCCN(CCOC)C(CN)C1CCSC1. The van der Waals surface area contributed by atoms with Gasteiger partial charge in [-0.05, 0) is 30.3 Å². The third kappa shape index (κ3) is 5.45. The van der Waals surface area contributed by atoms with Crippen LogP contribution in [0.5, 0.6) is 0 Å². The van der Waals surface area contributed by atoms with Gasteiger partial charge in [-0.2, -0.15) is 11.8 Å². The zero-order chi connectivity index (χ0) is 13.2. The molecule has 2 atom stereocenters. The number of nitrogens with zero attached hydrogens (tertiary/aromatic N) is 1. The summed E-state index contributed by atoms with van der Waals surface area (Å²) in [6.07, 6.45) is 2.37. The molecule has 2 unspecified atom stereocenters. The van der Waals surface area contributed by atoms with Crippen LogP contribution in [-0.2, 0) is 9.47 Å². The molecule has 1 aliphatic rings. The fourth-order valence-corrected chi connectivity index (χ4v) is 3.89. The van der Waals surface area contributed by atoms with Crippen molar-refractivity contribution in [3.8, 4) is 0 Å². The average Bonchev–Trinajstić information content (AvgIpc) is 2.90. The Bertz CT molecular complexity index is 201. The van der Waals surface area contributed by atoms with E-state index < -0.39 is 0 Å². The standard InChI is InChI=1S/C13H28N2O2S/c1-16-7-3-5-15(6-8-17-2)13(10-14)12-4-9-18-11-12/h12-13H,3-11,14H2,1-2H3. The van der Waals surface area contributed by atoms with Crippen LogP contribution in [0, 0.1) is 5.92 Å². The Morgan fingerprint density at radius 2 is 2.06 bits per heavy atom. The molecule has 5 heteroatoms. The van der Waals surface area contributed by atoms with Crippen LogP contribution in [0.25, 0.3) is 0 Å². The molecule has 1 aliphatic heterocycles. The maximum absolute atomic E-state index is 6.01. The van der Waals surface area contributed by atoms with Crippen molar-refractivity contribution in [2.75, 3.05) is 58.6 Å². The number of ether oxygens (including phenoxy) is 2. The number of hydrogen-bond acceptors (Lipinski definition) is 5. The fraction of sp³-hybridized carbons (Fsp3) is 1.00. The molecule has 4 nitrogen and oxygen atoms in total. The van der Waals surface area contributed by atoms with E-state index >= 15 is 0 Å². The Hall–Kier alpha value is 0.190. The normalized spacial score (nSPS) is 21.7. The Kier molecular flexibility index (Phi) is 9.06. The first-order chi connectivity index (χ1) is 8.83. The van der Waals surface area contributed by atoms with E-state index in [-0.39, 0.29) is 0 Å². The number of nitrogens with two attached hydrogens (primary N) is 1. The molecule has 0 spiro atoms. The molecule has 0 radical (unpaired) electrons. The smallest absolute Gasteiger partial charge is 0.0589 e. The summed E-state index contributed by atoms with van der Waals surface area (Å²) >= 11 is 2.06. The molecule has 0 bridgehead atoms. The first-order valence-corrected chi connectivity index (χ1v) is 7.98. The molecule has 0 aliphatic carbocycles. The molecular weight excluding hydrogens is 248 g/mol. The molecule has 1 fully saturated rings. The van der Waals surface area contributed by atoms with Gasteiger partial charge in [-0.3, -0.25) is 4.90 Å². The number of thioether (sulfide) groups is 1. The lowest BCUT2D eigenvalue weighted by molar-refractivity contribution is 0.0898. The number of methoxy groups -OCH3 is 2. The summed E-state index contributed by atoms with van der Waals surface area (Å²) in [5.41, 5.74) is 6.01. The van der Waals surface area contributed by atoms with Gasteiger partial charge in [0, 0.05) is 46.5 Å². The molecule has 0 saturated carbocycles. The summed E-state index contributed by atoms with van der Waals surface area (Å²) in [5.74, 6) is 3.30. The van der Waals surface area contributed by atoms with E-state index in [0.717, 1.165) is 45.2 Å². The lowest BCUT2D eigenvalue weighted by Gasteiger charge is -2.34. The Labute approximate surface area is 116 Å². The van der Waals surface area contributed by atoms with Crippen molar-refractivity contribution in [1.29, 1.82) is 0 Å². The summed E-state index contributed by atoms with van der Waals surface area (Å²) in [6.45, 7) is 4.38. The van der Waals surface area contributed by atoms with E-state index in [9.17, 15) is 0 Å². The highest BCUT2D eigenvalue weighted by molar-refractivity contribution is 7.99. The second-order valence-corrected chi connectivity index (χ2v) is 5.95. The van der Waals surface area contributed by atoms with Crippen molar-refractivity contribution in [1.82, 2.24) is 4.90 Å². The molecule has 1 saturated heterocycles. The van der Waals surface area contributed by atoms with Gasteiger partial charge in [-0.1, -0.05) is 0 Å². The van der Waals surface area contributed by atoms with Crippen molar-refractivity contribution >= 4 is 11.8 Å². The fourth-order valence-electron chi connectivity index (χ4n) is 2.56. The predicted octanol–water partition coefficient (Wildman–Crippen LogP) is 1.05. The number of hydrogen-bond donors (Lipinski definition) is 1. The zero-order valence-electron chi connectivity index (χ0n) is 11.8. The van der Waals surface area contributed by atoms with E-state index in [2.05, 4.69) is 16.7 Å². The largest absolute Gasteiger partial charge is 0.385 e. The molecule has 0 aromatic heterocycles. The third-order valence-corrected chi connectivity index (χ3v) is 4.78. The first kappa shape index (κ1) is 16.2. The first-order valence-electron chi connectivity index (χ1n) is 6.83. The van der Waals surface area contributed by atoms with Crippen LogP contribution in [0.3, 0.4) is 0 Å². The highest BCUT2D eigenvalue weighted by atomic mass is 32.2. The predicted molar refractivity (Wildman–Crippen MR) is 78.2 cm³/mol. The van der Waals surface area contributed by atoms with Crippen molar-refractivity contribution < 1.29 is 9.47 Å². The highest BCUT2D eigenvalue weighted by Gasteiger charge is 2.28. The van der Waals surface area contributed by atoms with Gasteiger partial charge in [-0.25, -0.2) is 0 Å². The van der Waals surface area contributed by atoms with Gasteiger partial charge in [0.15, 0.2) is 0 Å². The van der Waals surface area contributed by atoms with Crippen LogP contribution in [0.2, 0.25) is 0 Å². The van der Waals surface area contributed by atoms with E-state index in [1.54, 1.807) is 14.2 Å². The topological polar surface area (TPSA) is 47.7 Å². The van der Waals surface area contributed by atoms with Gasteiger partial charge < -0.3 is 15.2 Å². The second-order valence-electron chi connectivity index (χ2n) is 4.80. The van der Waals surface area contributed by atoms with Crippen LogP contribution in [0.4, 0.5) is 0 Å². The van der Waals surface area contributed by atoms with Gasteiger partial charge in [-0.15, -0.1) is 0 Å². The Morgan fingerprint density at radius 1 is 1.28 bits per heavy atom. The average molecular weight is 276 g/mol. The van der Waals surface area contributed by atoms with Gasteiger partial charge in [0.1, 0.15) is 0 Å². The monoisotopic (exact) mass is 276 g/mol. The van der Waals surface area contributed by atoms with E-state index in [0.29, 0.717) is 6.04 Å². The van der Waals surface area contributed by atoms with Crippen LogP contribution < -0.4 is 5.73 Å². The molecule has 18 heavy (non-hydrogen) atoms. The summed E-state index contributed by atoms with van der Waals surface area (Å²) in [6, 6.07) is 0.506. The van der Waals surface area contributed by atoms with E-state index in [4.69, 9.17) is 15.2 Å². The van der Waals surface area contributed by atoms with Crippen molar-refractivity contribution in [2.24, 2.45) is 11.7 Å². The van der Waals surface area contributed by atoms with Crippen LogP contribution in [0.1, 0.15) is 12.8 Å². The lowest BCUT2D eigenvalue weighted by atomic mass is 9.97. The quantitative estimate of drug-likeness (QED) is 0.604. The Morgan fingerprint density at radius 3 is 2.61 bits per heavy atom. The minimum Gasteiger partial charge on any atom is -0.385 e. The highest BCUT2D eigenvalue weighted by Crippen LogP contribution is 2.28. The number of rotatable bonds is 10. The molecule has 0 aromatic rings. The van der Waals surface area contributed by atoms with Crippen LogP contribution >= 0.6 is 11.8 Å². The van der Waals surface area contributed by atoms with Crippen LogP contribution in [0.15, 0.2) is 0 Å². The van der Waals surface area contributed by atoms with Gasteiger partial charge in [0.2, 0.25) is 0 Å². The molecule has 1 heterocycles. The van der Waals surface area contributed by atoms with E-state index in [1.807, 2.05) is 0 Å². The molecule has 1 rings (SSSR count). The molecule has 0 amide bonds. The maximum atomic E-state index is 6.01. The van der Waals surface area contributed by atoms with Crippen molar-refractivity contribution in [3.63, 3.8) is 0 Å². The zero-order valence-corrected chi connectivity index (χ0v) is 12.6. The maximum Gasteiger partial charge on any atom is 0.0589 e. The molecule has 0 aromatic carbocycles. The van der Waals surface area contributed by atoms with Crippen molar-refractivity contribution in [2.45, 2.75) is 18.9 Å². The third-order valence-electron chi connectivity index (χ3n) is 3.60. The second kappa shape index (κ2) is 10.0. The summed E-state index contributed by atoms with van der Waals surface area (Å²) in [4.78, 5) is 2.50. The van der Waals surface area contributed by atoms with Gasteiger partial charge in [0.25, 0.3) is 0 Å².